The highest BCUT2D eigenvalue weighted by Gasteiger charge is 2.22. The van der Waals surface area contributed by atoms with Gasteiger partial charge in [-0.2, -0.15) is 0 Å². The summed E-state index contributed by atoms with van der Waals surface area (Å²) < 4.78 is 15.6. The molecule has 1 N–H and O–H groups in total. The van der Waals surface area contributed by atoms with Gasteiger partial charge in [-0.1, -0.05) is 12.1 Å². The van der Waals surface area contributed by atoms with Crippen LogP contribution in [0.3, 0.4) is 0 Å². The molecule has 3 rings (SSSR count). The van der Waals surface area contributed by atoms with E-state index in [1.54, 1.807) is 12.1 Å². The first-order valence-corrected chi connectivity index (χ1v) is 5.90. The Morgan fingerprint density at radius 1 is 1.24 bits per heavy atom. The molecular weight excluding hydrogens is 217 g/mol. The van der Waals surface area contributed by atoms with Gasteiger partial charge in [0.1, 0.15) is 5.82 Å². The van der Waals surface area contributed by atoms with Gasteiger partial charge in [0.05, 0.1) is 11.8 Å². The van der Waals surface area contributed by atoms with Crippen molar-refractivity contribution in [2.45, 2.75) is 25.4 Å². The molecule has 1 heterocycles. The standard InChI is InChI=1S/C14H14FNO/c15-11-4-1-2-5-13(11)16-9-8-10-12(16)6-3-7-14(10)17/h1-2,4-5,8-9,14,17H,3,6-7H2. The molecule has 0 saturated heterocycles. The lowest BCUT2D eigenvalue weighted by Gasteiger charge is -2.20. The second-order valence-electron chi connectivity index (χ2n) is 4.45. The first-order valence-electron chi connectivity index (χ1n) is 5.90. The third kappa shape index (κ3) is 1.67. The van der Waals surface area contributed by atoms with Crippen LogP contribution in [0.25, 0.3) is 5.69 Å². The summed E-state index contributed by atoms with van der Waals surface area (Å²) in [6, 6.07) is 8.62. The van der Waals surface area contributed by atoms with E-state index in [1.165, 1.54) is 6.07 Å². The van der Waals surface area contributed by atoms with Crippen LogP contribution in [0, 0.1) is 5.82 Å². The number of halogens is 1. The van der Waals surface area contributed by atoms with Crippen LogP contribution >= 0.6 is 0 Å². The minimum absolute atomic E-state index is 0.231. The zero-order valence-corrected chi connectivity index (χ0v) is 9.44. The van der Waals surface area contributed by atoms with E-state index >= 15 is 0 Å². The van der Waals surface area contributed by atoms with Crippen LogP contribution in [-0.2, 0) is 6.42 Å². The number of nitrogens with zero attached hydrogens (tertiary/aromatic N) is 1. The molecule has 88 valence electrons. The number of benzene rings is 1. The van der Waals surface area contributed by atoms with Gasteiger partial charge in [-0.15, -0.1) is 0 Å². The van der Waals surface area contributed by atoms with Crippen molar-refractivity contribution in [3.63, 3.8) is 0 Å². The Hall–Kier alpha value is -1.61. The number of rotatable bonds is 1. The average molecular weight is 231 g/mol. The highest BCUT2D eigenvalue weighted by molar-refractivity contribution is 5.40. The van der Waals surface area contributed by atoms with Crippen LogP contribution in [0.1, 0.15) is 30.2 Å². The Morgan fingerprint density at radius 3 is 2.88 bits per heavy atom. The number of aromatic nitrogens is 1. The Labute approximate surface area is 99.3 Å². The maximum atomic E-state index is 13.7. The number of fused-ring (bicyclic) bond motifs is 1. The minimum atomic E-state index is -0.397. The number of hydrogen-bond acceptors (Lipinski definition) is 1. The average Bonchev–Trinajstić information content (AvgIpc) is 2.75. The Morgan fingerprint density at radius 2 is 2.06 bits per heavy atom. The lowest BCUT2D eigenvalue weighted by molar-refractivity contribution is 0.156. The zero-order chi connectivity index (χ0) is 11.8. The monoisotopic (exact) mass is 231 g/mol. The lowest BCUT2D eigenvalue weighted by atomic mass is 9.95. The summed E-state index contributed by atoms with van der Waals surface area (Å²) in [5, 5.41) is 9.88. The third-order valence-corrected chi connectivity index (χ3v) is 3.39. The maximum absolute atomic E-state index is 13.7. The number of hydrogen-bond donors (Lipinski definition) is 1. The summed E-state index contributed by atoms with van der Waals surface area (Å²) >= 11 is 0. The van der Waals surface area contributed by atoms with Gasteiger partial charge in [0.2, 0.25) is 0 Å². The van der Waals surface area contributed by atoms with Crippen molar-refractivity contribution in [2.24, 2.45) is 0 Å². The topological polar surface area (TPSA) is 25.2 Å². The van der Waals surface area contributed by atoms with Crippen molar-refractivity contribution in [3.8, 4) is 5.69 Å². The molecule has 0 saturated carbocycles. The highest BCUT2D eigenvalue weighted by Crippen LogP contribution is 2.32. The van der Waals surface area contributed by atoms with Gasteiger partial charge in [-0.05, 0) is 37.5 Å². The quantitative estimate of drug-likeness (QED) is 0.802. The van der Waals surface area contributed by atoms with Gasteiger partial charge in [-0.25, -0.2) is 4.39 Å². The fourth-order valence-corrected chi connectivity index (χ4v) is 2.54. The van der Waals surface area contributed by atoms with Crippen LogP contribution in [0.5, 0.6) is 0 Å². The summed E-state index contributed by atoms with van der Waals surface area (Å²) in [5.74, 6) is -0.231. The molecule has 0 radical (unpaired) electrons. The molecule has 1 aliphatic rings. The Kier molecular flexibility index (Phi) is 2.48. The van der Waals surface area contributed by atoms with Crippen LogP contribution in [0.15, 0.2) is 36.5 Å². The molecule has 2 aromatic rings. The first-order chi connectivity index (χ1) is 8.27. The first kappa shape index (κ1) is 10.5. The predicted octanol–water partition coefficient (Wildman–Crippen LogP) is 2.99. The van der Waals surface area contributed by atoms with E-state index in [-0.39, 0.29) is 5.82 Å². The SMILES string of the molecule is OC1CCCc2c1ccn2-c1ccccc1F. The predicted molar refractivity (Wildman–Crippen MR) is 63.6 cm³/mol. The smallest absolute Gasteiger partial charge is 0.147 e. The molecule has 0 fully saturated rings. The van der Waals surface area contributed by atoms with Gasteiger partial charge < -0.3 is 9.67 Å². The number of aliphatic hydroxyl groups excluding tert-OH is 1. The van der Waals surface area contributed by atoms with Gasteiger partial charge >= 0.3 is 0 Å². The fourth-order valence-electron chi connectivity index (χ4n) is 2.54. The molecule has 1 aliphatic carbocycles. The second kappa shape index (κ2) is 4.00. The largest absolute Gasteiger partial charge is 0.388 e. The lowest BCUT2D eigenvalue weighted by Crippen LogP contribution is -2.11. The Balaban J connectivity index is 2.14. The van der Waals surface area contributed by atoms with Crippen molar-refractivity contribution in [1.29, 1.82) is 0 Å². The van der Waals surface area contributed by atoms with Crippen LogP contribution < -0.4 is 0 Å². The van der Waals surface area contributed by atoms with E-state index in [1.807, 2.05) is 22.9 Å². The van der Waals surface area contributed by atoms with Gasteiger partial charge in [-0.3, -0.25) is 0 Å². The summed E-state index contributed by atoms with van der Waals surface area (Å²) in [6.07, 6.45) is 4.10. The van der Waals surface area contributed by atoms with Crippen molar-refractivity contribution < 1.29 is 9.50 Å². The van der Waals surface area contributed by atoms with E-state index in [9.17, 15) is 9.50 Å². The van der Waals surface area contributed by atoms with Crippen LogP contribution in [-0.4, -0.2) is 9.67 Å². The molecule has 17 heavy (non-hydrogen) atoms. The van der Waals surface area contributed by atoms with Gasteiger partial charge in [0.15, 0.2) is 0 Å². The molecule has 3 heteroatoms. The van der Waals surface area contributed by atoms with Crippen molar-refractivity contribution in [1.82, 2.24) is 4.57 Å². The number of aliphatic hydroxyl groups is 1. The molecule has 1 aromatic heterocycles. The molecule has 1 aromatic carbocycles. The van der Waals surface area contributed by atoms with Gasteiger partial charge in [0.25, 0.3) is 0 Å². The molecule has 2 nitrogen and oxygen atoms in total. The molecule has 0 spiro atoms. The molecule has 1 unspecified atom stereocenters. The molecule has 1 atom stereocenters. The van der Waals surface area contributed by atoms with Gasteiger partial charge in [0, 0.05) is 17.5 Å². The van der Waals surface area contributed by atoms with E-state index < -0.39 is 6.10 Å². The third-order valence-electron chi connectivity index (χ3n) is 3.39. The van der Waals surface area contributed by atoms with E-state index in [0.29, 0.717) is 5.69 Å². The normalized spacial score (nSPS) is 19.1. The number of para-hydroxylation sites is 1. The molecular formula is C14H14FNO. The molecule has 0 aliphatic heterocycles. The van der Waals surface area contributed by atoms with Crippen molar-refractivity contribution in [2.75, 3.05) is 0 Å². The van der Waals surface area contributed by atoms with Crippen molar-refractivity contribution >= 4 is 0 Å². The summed E-state index contributed by atoms with van der Waals surface area (Å²) in [6.45, 7) is 0. The van der Waals surface area contributed by atoms with Crippen LogP contribution in [0.4, 0.5) is 4.39 Å². The van der Waals surface area contributed by atoms with E-state index in [0.717, 1.165) is 30.5 Å². The van der Waals surface area contributed by atoms with Crippen molar-refractivity contribution in [3.05, 3.63) is 53.6 Å². The minimum Gasteiger partial charge on any atom is -0.388 e. The fraction of sp³-hybridized carbons (Fsp3) is 0.286. The highest BCUT2D eigenvalue weighted by atomic mass is 19.1. The molecule has 0 bridgehead atoms. The van der Waals surface area contributed by atoms with Crippen LogP contribution in [0.2, 0.25) is 0 Å². The summed E-state index contributed by atoms with van der Waals surface area (Å²) in [4.78, 5) is 0. The summed E-state index contributed by atoms with van der Waals surface area (Å²) in [5.41, 5.74) is 2.54. The zero-order valence-electron chi connectivity index (χ0n) is 9.44. The van der Waals surface area contributed by atoms with E-state index in [4.69, 9.17) is 0 Å². The second-order valence-corrected chi connectivity index (χ2v) is 4.45. The molecule has 0 amide bonds. The summed E-state index contributed by atoms with van der Waals surface area (Å²) in [7, 11) is 0. The maximum Gasteiger partial charge on any atom is 0.147 e. The van der Waals surface area contributed by atoms with E-state index in [2.05, 4.69) is 0 Å². The Bertz CT molecular complexity index is 547.